The summed E-state index contributed by atoms with van der Waals surface area (Å²) in [6.45, 7) is 6.51. The molecular weight excluding hydrogens is 278 g/mol. The van der Waals surface area contributed by atoms with Gasteiger partial charge >= 0.3 is 5.97 Å². The number of benzene rings is 1. The zero-order valence-electron chi connectivity index (χ0n) is 13.8. The van der Waals surface area contributed by atoms with Crippen molar-refractivity contribution in [2.45, 2.75) is 40.0 Å². The summed E-state index contributed by atoms with van der Waals surface area (Å²) in [5.74, 6) is 0.0996. The van der Waals surface area contributed by atoms with Crippen molar-refractivity contribution in [3.05, 3.63) is 29.8 Å². The number of anilines is 1. The van der Waals surface area contributed by atoms with Crippen molar-refractivity contribution in [2.24, 2.45) is 17.3 Å². The Kier molecular flexibility index (Phi) is 4.89. The molecule has 0 saturated heterocycles. The van der Waals surface area contributed by atoms with Crippen LogP contribution in [0.3, 0.4) is 0 Å². The van der Waals surface area contributed by atoms with Crippen LogP contribution in [0.15, 0.2) is 24.3 Å². The average molecular weight is 303 g/mol. The topological polar surface area (TPSA) is 55.4 Å². The summed E-state index contributed by atoms with van der Waals surface area (Å²) in [7, 11) is 1.35. The fourth-order valence-corrected chi connectivity index (χ4v) is 3.61. The van der Waals surface area contributed by atoms with Gasteiger partial charge in [0.2, 0.25) is 5.91 Å². The Labute approximate surface area is 132 Å². The van der Waals surface area contributed by atoms with Crippen molar-refractivity contribution in [2.75, 3.05) is 12.4 Å². The van der Waals surface area contributed by atoms with E-state index in [9.17, 15) is 9.59 Å². The lowest BCUT2D eigenvalue weighted by molar-refractivity contribution is -0.127. The largest absolute Gasteiger partial charge is 0.465 e. The molecule has 0 aromatic heterocycles. The Morgan fingerprint density at radius 1 is 1.23 bits per heavy atom. The summed E-state index contributed by atoms with van der Waals surface area (Å²) >= 11 is 0. The molecule has 1 fully saturated rings. The van der Waals surface area contributed by atoms with Gasteiger partial charge in [0.25, 0.3) is 0 Å². The van der Waals surface area contributed by atoms with E-state index < -0.39 is 0 Å². The number of hydrogen-bond donors (Lipinski definition) is 1. The third-order valence-electron chi connectivity index (χ3n) is 4.75. The lowest BCUT2D eigenvalue weighted by Gasteiger charge is -2.41. The molecule has 1 aliphatic rings. The molecule has 0 heterocycles. The average Bonchev–Trinajstić information content (AvgIpc) is 2.46. The van der Waals surface area contributed by atoms with E-state index in [1.807, 2.05) is 0 Å². The highest BCUT2D eigenvalue weighted by Gasteiger charge is 2.41. The molecular formula is C18H25NO3. The number of amides is 1. The summed E-state index contributed by atoms with van der Waals surface area (Å²) in [5.41, 5.74) is 1.21. The first-order valence-corrected chi connectivity index (χ1v) is 7.84. The molecule has 0 spiro atoms. The minimum absolute atomic E-state index is 0.0153. The van der Waals surface area contributed by atoms with E-state index in [-0.39, 0.29) is 23.2 Å². The number of esters is 1. The molecule has 0 bridgehead atoms. The smallest absolute Gasteiger partial charge is 0.337 e. The maximum absolute atomic E-state index is 12.7. The Morgan fingerprint density at radius 2 is 1.86 bits per heavy atom. The predicted octanol–water partition coefficient (Wildman–Crippen LogP) is 3.87. The number of carbonyl (C=O) groups excluding carboxylic acids is 2. The predicted molar refractivity (Wildman–Crippen MR) is 86.7 cm³/mol. The van der Waals surface area contributed by atoms with Crippen LogP contribution in [0.2, 0.25) is 0 Å². The van der Waals surface area contributed by atoms with Gasteiger partial charge in [-0.15, -0.1) is 0 Å². The molecule has 1 saturated carbocycles. The third-order valence-corrected chi connectivity index (χ3v) is 4.75. The number of methoxy groups -OCH3 is 1. The standard InChI is InChI=1S/C18H25NO3/c1-12-6-5-11-18(2,3)15(12)16(20)19-14-9-7-13(8-10-14)17(21)22-4/h7-10,12,15H,5-6,11H2,1-4H3,(H,19,20)/t12-,15-/m0/s1. The Bertz CT molecular complexity index is 548. The van der Waals surface area contributed by atoms with Crippen molar-refractivity contribution >= 4 is 17.6 Å². The van der Waals surface area contributed by atoms with Gasteiger partial charge in [-0.25, -0.2) is 4.79 Å². The van der Waals surface area contributed by atoms with Crippen LogP contribution in [0.4, 0.5) is 5.69 Å². The van der Waals surface area contributed by atoms with Crippen LogP contribution in [-0.4, -0.2) is 19.0 Å². The van der Waals surface area contributed by atoms with Crippen LogP contribution in [-0.2, 0) is 9.53 Å². The fourth-order valence-electron chi connectivity index (χ4n) is 3.61. The third kappa shape index (κ3) is 3.49. The van der Waals surface area contributed by atoms with Crippen LogP contribution >= 0.6 is 0 Å². The highest BCUT2D eigenvalue weighted by Crippen LogP contribution is 2.44. The first kappa shape index (κ1) is 16.5. The molecule has 22 heavy (non-hydrogen) atoms. The Morgan fingerprint density at radius 3 is 2.41 bits per heavy atom. The molecule has 2 atom stereocenters. The fraction of sp³-hybridized carbons (Fsp3) is 0.556. The lowest BCUT2D eigenvalue weighted by atomic mass is 9.64. The normalized spacial score (nSPS) is 23.6. The monoisotopic (exact) mass is 303 g/mol. The summed E-state index contributed by atoms with van der Waals surface area (Å²) < 4.78 is 4.67. The first-order valence-electron chi connectivity index (χ1n) is 7.84. The Hall–Kier alpha value is -1.84. The van der Waals surface area contributed by atoms with Gasteiger partial charge in [0.05, 0.1) is 12.7 Å². The van der Waals surface area contributed by atoms with Crippen molar-refractivity contribution in [3.63, 3.8) is 0 Å². The van der Waals surface area contributed by atoms with E-state index >= 15 is 0 Å². The van der Waals surface area contributed by atoms with Gasteiger partial charge in [0.15, 0.2) is 0 Å². The number of hydrogen-bond acceptors (Lipinski definition) is 3. The van der Waals surface area contributed by atoms with Crippen molar-refractivity contribution < 1.29 is 14.3 Å². The molecule has 4 heteroatoms. The summed E-state index contributed by atoms with van der Waals surface area (Å²) in [4.78, 5) is 24.1. The minimum Gasteiger partial charge on any atom is -0.465 e. The van der Waals surface area contributed by atoms with Gasteiger partial charge < -0.3 is 10.1 Å². The van der Waals surface area contributed by atoms with Gasteiger partial charge in [-0.1, -0.05) is 27.2 Å². The Balaban J connectivity index is 2.09. The number of ether oxygens (including phenoxy) is 1. The van der Waals surface area contributed by atoms with Crippen LogP contribution in [0.25, 0.3) is 0 Å². The van der Waals surface area contributed by atoms with E-state index in [0.717, 1.165) is 12.8 Å². The van der Waals surface area contributed by atoms with E-state index in [2.05, 4.69) is 30.8 Å². The molecule has 0 aliphatic heterocycles. The van der Waals surface area contributed by atoms with Gasteiger partial charge in [-0.05, 0) is 48.4 Å². The van der Waals surface area contributed by atoms with Gasteiger partial charge in [-0.2, -0.15) is 0 Å². The van der Waals surface area contributed by atoms with Gasteiger partial charge in [-0.3, -0.25) is 4.79 Å². The van der Waals surface area contributed by atoms with Gasteiger partial charge in [0.1, 0.15) is 0 Å². The van der Waals surface area contributed by atoms with Gasteiger partial charge in [0, 0.05) is 11.6 Å². The second-order valence-electron chi connectivity index (χ2n) is 6.89. The first-order chi connectivity index (χ1) is 10.3. The molecule has 1 aromatic carbocycles. The SMILES string of the molecule is COC(=O)c1ccc(NC(=O)[C@@H]2[C@@H](C)CCCC2(C)C)cc1. The van der Waals surface area contributed by atoms with Crippen molar-refractivity contribution in [1.29, 1.82) is 0 Å². The van der Waals surface area contributed by atoms with Crippen LogP contribution in [0, 0.1) is 17.3 Å². The molecule has 120 valence electrons. The molecule has 2 rings (SSSR count). The zero-order chi connectivity index (χ0) is 16.3. The zero-order valence-corrected chi connectivity index (χ0v) is 13.8. The summed E-state index contributed by atoms with van der Waals surface area (Å²) in [6.07, 6.45) is 3.37. The number of rotatable bonds is 3. The second-order valence-corrected chi connectivity index (χ2v) is 6.89. The van der Waals surface area contributed by atoms with E-state index in [1.54, 1.807) is 24.3 Å². The number of carbonyl (C=O) groups is 2. The van der Waals surface area contributed by atoms with Crippen LogP contribution in [0.1, 0.15) is 50.4 Å². The van der Waals surface area contributed by atoms with Crippen LogP contribution in [0.5, 0.6) is 0 Å². The second kappa shape index (κ2) is 6.51. The summed E-state index contributed by atoms with van der Waals surface area (Å²) in [6, 6.07) is 6.81. The molecule has 1 aliphatic carbocycles. The van der Waals surface area contributed by atoms with E-state index in [4.69, 9.17) is 0 Å². The maximum Gasteiger partial charge on any atom is 0.337 e. The molecule has 0 radical (unpaired) electrons. The minimum atomic E-state index is -0.375. The quantitative estimate of drug-likeness (QED) is 0.862. The highest BCUT2D eigenvalue weighted by atomic mass is 16.5. The lowest BCUT2D eigenvalue weighted by Crippen LogP contribution is -2.42. The highest BCUT2D eigenvalue weighted by molar-refractivity contribution is 5.94. The van der Waals surface area contributed by atoms with Crippen molar-refractivity contribution in [1.82, 2.24) is 0 Å². The summed E-state index contributed by atoms with van der Waals surface area (Å²) in [5, 5.41) is 2.99. The molecule has 4 nitrogen and oxygen atoms in total. The van der Waals surface area contributed by atoms with E-state index in [1.165, 1.54) is 13.5 Å². The molecule has 1 amide bonds. The maximum atomic E-state index is 12.7. The molecule has 1 N–H and O–H groups in total. The molecule has 0 unspecified atom stereocenters. The number of nitrogens with one attached hydrogen (secondary N) is 1. The van der Waals surface area contributed by atoms with E-state index in [0.29, 0.717) is 17.2 Å². The van der Waals surface area contributed by atoms with Crippen molar-refractivity contribution in [3.8, 4) is 0 Å². The van der Waals surface area contributed by atoms with Crippen LogP contribution < -0.4 is 5.32 Å². The molecule has 1 aromatic rings.